The van der Waals surface area contributed by atoms with E-state index in [1.165, 1.54) is 12.8 Å². The Balaban J connectivity index is 1.14. The maximum Gasteiger partial charge on any atom is 0.223 e. The van der Waals surface area contributed by atoms with Gasteiger partial charge in [-0.05, 0) is 87.4 Å². The van der Waals surface area contributed by atoms with Gasteiger partial charge in [-0.3, -0.25) is 4.79 Å². The number of halogens is 1. The minimum Gasteiger partial charge on any atom is -0.367 e. The minimum atomic E-state index is 0.190. The summed E-state index contributed by atoms with van der Waals surface area (Å²) in [7, 11) is 0. The van der Waals surface area contributed by atoms with Gasteiger partial charge in [-0.1, -0.05) is 24.4 Å². The molecular formula is C27H35ClN6O. The smallest absolute Gasteiger partial charge is 0.223 e. The second kappa shape index (κ2) is 11.4. The monoisotopic (exact) mass is 494 g/mol. The molecule has 5 rings (SSSR count). The topological polar surface area (TPSA) is 94.7 Å². The molecule has 1 saturated heterocycles. The van der Waals surface area contributed by atoms with Gasteiger partial charge in [-0.2, -0.15) is 0 Å². The molecule has 1 saturated carbocycles. The molecule has 0 aromatic carbocycles. The van der Waals surface area contributed by atoms with Crippen molar-refractivity contribution in [3.8, 4) is 11.1 Å². The van der Waals surface area contributed by atoms with Gasteiger partial charge in [-0.25, -0.2) is 9.97 Å². The van der Waals surface area contributed by atoms with Crippen molar-refractivity contribution >= 4 is 34.4 Å². The molecule has 7 nitrogen and oxygen atoms in total. The first-order chi connectivity index (χ1) is 17.2. The lowest BCUT2D eigenvalue weighted by atomic mass is 9.83. The van der Waals surface area contributed by atoms with Crippen LogP contribution in [0.2, 0.25) is 5.15 Å². The van der Waals surface area contributed by atoms with Crippen LogP contribution in [-0.4, -0.2) is 46.5 Å². The summed E-state index contributed by atoms with van der Waals surface area (Å²) in [6, 6.07) is 8.39. The zero-order chi connectivity index (χ0) is 24.0. The lowest BCUT2D eigenvalue weighted by Gasteiger charge is -2.30. The van der Waals surface area contributed by atoms with E-state index in [1.54, 1.807) is 6.20 Å². The molecule has 2 fully saturated rings. The number of pyridine rings is 2. The largest absolute Gasteiger partial charge is 0.367 e. The number of nitrogens with one attached hydrogen (secondary N) is 4. The Morgan fingerprint density at radius 2 is 2.06 bits per heavy atom. The Labute approximate surface area is 211 Å². The van der Waals surface area contributed by atoms with E-state index >= 15 is 0 Å². The lowest BCUT2D eigenvalue weighted by molar-refractivity contribution is -0.125. The fourth-order valence-electron chi connectivity index (χ4n) is 5.65. The van der Waals surface area contributed by atoms with Gasteiger partial charge in [-0.15, -0.1) is 0 Å². The number of anilines is 1. The highest BCUT2D eigenvalue weighted by Crippen LogP contribution is 2.33. The van der Waals surface area contributed by atoms with Crippen molar-refractivity contribution in [2.75, 3.05) is 25.0 Å². The number of piperidine rings is 1. The van der Waals surface area contributed by atoms with Gasteiger partial charge in [0.25, 0.3) is 0 Å². The van der Waals surface area contributed by atoms with Crippen LogP contribution in [0.15, 0.2) is 36.7 Å². The summed E-state index contributed by atoms with van der Waals surface area (Å²) in [4.78, 5) is 24.5. The normalized spacial score (nSPS) is 21.2. The second-order valence-corrected chi connectivity index (χ2v) is 10.4. The molecule has 4 N–H and O–H groups in total. The molecule has 35 heavy (non-hydrogen) atoms. The van der Waals surface area contributed by atoms with Crippen molar-refractivity contribution in [2.45, 2.75) is 57.4 Å². The van der Waals surface area contributed by atoms with Crippen LogP contribution in [0.25, 0.3) is 22.2 Å². The quantitative estimate of drug-likeness (QED) is 0.257. The van der Waals surface area contributed by atoms with Crippen molar-refractivity contribution < 1.29 is 4.79 Å². The number of rotatable bonds is 8. The summed E-state index contributed by atoms with van der Waals surface area (Å²) in [5.74, 6) is 1.93. The number of fused-ring (bicyclic) bond motifs is 1. The number of carbonyl (C=O) groups excluding carboxylic acids is 1. The first-order valence-electron chi connectivity index (χ1n) is 13.0. The predicted molar refractivity (Wildman–Crippen MR) is 142 cm³/mol. The van der Waals surface area contributed by atoms with E-state index < -0.39 is 0 Å². The number of hydrogen-bond donors (Lipinski definition) is 4. The molecule has 2 unspecified atom stereocenters. The molecule has 3 aromatic heterocycles. The van der Waals surface area contributed by atoms with E-state index in [1.807, 2.05) is 18.3 Å². The molecule has 8 heteroatoms. The maximum atomic E-state index is 12.3. The van der Waals surface area contributed by atoms with Crippen LogP contribution in [0.3, 0.4) is 0 Å². The van der Waals surface area contributed by atoms with E-state index in [0.717, 1.165) is 86.1 Å². The molecule has 2 aliphatic rings. The van der Waals surface area contributed by atoms with Gasteiger partial charge in [0.15, 0.2) is 0 Å². The molecule has 1 aliphatic carbocycles. The third-order valence-corrected chi connectivity index (χ3v) is 7.68. The van der Waals surface area contributed by atoms with Crippen molar-refractivity contribution in [1.29, 1.82) is 0 Å². The molecule has 186 valence electrons. The van der Waals surface area contributed by atoms with Gasteiger partial charge < -0.3 is 20.9 Å². The highest BCUT2D eigenvalue weighted by molar-refractivity contribution is 6.29. The SMILES string of the molecule is O=C(NCCCC1CCCC(Nc2cc(-c3c[nH]c4ncccc34)cc(Cl)n2)C1)C1CCNCC1. The van der Waals surface area contributed by atoms with Crippen LogP contribution in [0.5, 0.6) is 0 Å². The highest BCUT2D eigenvalue weighted by atomic mass is 35.5. The Morgan fingerprint density at radius 3 is 2.94 bits per heavy atom. The number of H-pyrrole nitrogens is 1. The molecule has 0 spiro atoms. The molecule has 0 bridgehead atoms. The standard InChI is InChI=1S/C27H35ClN6O/c28-24-15-20(23-17-32-26-22(23)7-3-10-30-26)16-25(34-24)33-21-6-1-4-18(14-21)5-2-11-31-27(35)19-8-12-29-13-9-19/h3,7,10,15-19,21,29H,1-2,4-6,8-9,11-14H2,(H,30,32)(H,31,35)(H,33,34). The lowest BCUT2D eigenvalue weighted by Crippen LogP contribution is -2.38. The summed E-state index contributed by atoms with van der Waals surface area (Å²) >= 11 is 6.42. The van der Waals surface area contributed by atoms with Crippen LogP contribution >= 0.6 is 11.6 Å². The van der Waals surface area contributed by atoms with Crippen LogP contribution in [-0.2, 0) is 4.79 Å². The molecule has 1 aliphatic heterocycles. The van der Waals surface area contributed by atoms with Gasteiger partial charge >= 0.3 is 0 Å². The van der Waals surface area contributed by atoms with Gasteiger partial charge in [0.2, 0.25) is 5.91 Å². The van der Waals surface area contributed by atoms with Gasteiger partial charge in [0.05, 0.1) is 0 Å². The fourth-order valence-corrected chi connectivity index (χ4v) is 5.85. The van der Waals surface area contributed by atoms with Crippen molar-refractivity contribution in [3.63, 3.8) is 0 Å². The van der Waals surface area contributed by atoms with Crippen LogP contribution in [0, 0.1) is 11.8 Å². The molecule has 4 heterocycles. The number of aromatic nitrogens is 3. The summed E-state index contributed by atoms with van der Waals surface area (Å²) in [5, 5.41) is 11.7. The van der Waals surface area contributed by atoms with Crippen LogP contribution in [0.4, 0.5) is 5.82 Å². The van der Waals surface area contributed by atoms with Gasteiger partial charge in [0.1, 0.15) is 16.6 Å². The van der Waals surface area contributed by atoms with E-state index in [4.69, 9.17) is 11.6 Å². The third-order valence-electron chi connectivity index (χ3n) is 7.49. The summed E-state index contributed by atoms with van der Waals surface area (Å²) in [5.41, 5.74) is 2.98. The summed E-state index contributed by atoms with van der Waals surface area (Å²) in [6.07, 6.45) is 12.6. The van der Waals surface area contributed by atoms with Crippen molar-refractivity contribution in [1.82, 2.24) is 25.6 Å². The Hall–Kier alpha value is -2.64. The van der Waals surface area contributed by atoms with E-state index in [2.05, 4.69) is 43.0 Å². The van der Waals surface area contributed by atoms with Gasteiger partial charge in [0, 0.05) is 41.8 Å². The molecular weight excluding hydrogens is 460 g/mol. The molecule has 1 amide bonds. The molecule has 0 radical (unpaired) electrons. The Bertz CT molecular complexity index is 1140. The van der Waals surface area contributed by atoms with E-state index in [0.29, 0.717) is 17.1 Å². The number of hydrogen-bond acceptors (Lipinski definition) is 5. The average Bonchev–Trinajstić information content (AvgIpc) is 3.31. The summed E-state index contributed by atoms with van der Waals surface area (Å²) < 4.78 is 0. The number of carbonyl (C=O) groups is 1. The Morgan fingerprint density at radius 1 is 1.17 bits per heavy atom. The third kappa shape index (κ3) is 6.14. The van der Waals surface area contributed by atoms with E-state index in [9.17, 15) is 4.79 Å². The second-order valence-electron chi connectivity index (χ2n) is 10.00. The van der Waals surface area contributed by atoms with Crippen molar-refractivity contribution in [3.05, 3.63) is 41.8 Å². The average molecular weight is 495 g/mol. The first-order valence-corrected chi connectivity index (χ1v) is 13.4. The fraction of sp³-hybridized carbons (Fsp3) is 0.519. The maximum absolute atomic E-state index is 12.3. The highest BCUT2D eigenvalue weighted by Gasteiger charge is 2.23. The number of aromatic amines is 1. The zero-order valence-corrected chi connectivity index (χ0v) is 20.9. The van der Waals surface area contributed by atoms with Crippen LogP contribution in [0.1, 0.15) is 51.4 Å². The molecule has 2 atom stereocenters. The number of nitrogens with zero attached hydrogens (tertiary/aromatic N) is 2. The zero-order valence-electron chi connectivity index (χ0n) is 20.2. The first kappa shape index (κ1) is 24.1. The van der Waals surface area contributed by atoms with E-state index in [-0.39, 0.29) is 11.8 Å². The van der Waals surface area contributed by atoms with Crippen LogP contribution < -0.4 is 16.0 Å². The summed E-state index contributed by atoms with van der Waals surface area (Å²) in [6.45, 7) is 2.70. The molecule has 3 aromatic rings. The minimum absolute atomic E-state index is 0.190. The predicted octanol–water partition coefficient (Wildman–Crippen LogP) is 5.15. The Kier molecular flexibility index (Phi) is 7.84. The number of amides is 1. The van der Waals surface area contributed by atoms with Crippen molar-refractivity contribution in [2.24, 2.45) is 11.8 Å².